The highest BCUT2D eigenvalue weighted by Gasteiger charge is 2.29. The number of rotatable bonds is 4. The number of carbonyl (C=O) groups excluding carboxylic acids is 2. The van der Waals surface area contributed by atoms with Crippen molar-refractivity contribution in [3.05, 3.63) is 16.5 Å². The fourth-order valence-electron chi connectivity index (χ4n) is 2.90. The number of aromatic nitrogens is 2. The second-order valence-corrected chi connectivity index (χ2v) is 8.29. The maximum absolute atomic E-state index is 12.2. The van der Waals surface area contributed by atoms with Crippen molar-refractivity contribution in [1.29, 1.82) is 0 Å². The quantitative estimate of drug-likeness (QED) is 0.523. The lowest BCUT2D eigenvalue weighted by Gasteiger charge is -2.37. The van der Waals surface area contributed by atoms with E-state index in [1.54, 1.807) is 4.90 Å². The van der Waals surface area contributed by atoms with Gasteiger partial charge < -0.3 is 19.3 Å². The van der Waals surface area contributed by atoms with E-state index in [-0.39, 0.29) is 24.4 Å². The molecule has 0 aromatic carbocycles. The number of carbonyl (C=O) groups is 2. The van der Waals surface area contributed by atoms with Crippen LogP contribution in [0.4, 0.5) is 10.6 Å². The van der Waals surface area contributed by atoms with Gasteiger partial charge in [0.05, 0.1) is 13.5 Å². The summed E-state index contributed by atoms with van der Waals surface area (Å²) in [7, 11) is 1.38. The van der Waals surface area contributed by atoms with Crippen LogP contribution in [-0.4, -0.2) is 65.8 Å². The van der Waals surface area contributed by atoms with Gasteiger partial charge in [-0.15, -0.1) is 0 Å². The van der Waals surface area contributed by atoms with E-state index in [9.17, 15) is 9.59 Å². The van der Waals surface area contributed by atoms with Crippen molar-refractivity contribution < 1.29 is 19.1 Å². The Labute approximate surface area is 168 Å². The first-order chi connectivity index (χ1) is 12.6. The molecular weight excluding hydrogens is 416 g/mol. The van der Waals surface area contributed by atoms with Gasteiger partial charge in [0, 0.05) is 31.7 Å². The van der Waals surface area contributed by atoms with E-state index in [0.29, 0.717) is 30.8 Å². The molecule has 0 unspecified atom stereocenters. The Balaban J connectivity index is 2.11. The van der Waals surface area contributed by atoms with Crippen molar-refractivity contribution in [2.75, 3.05) is 38.2 Å². The molecule has 0 radical (unpaired) electrons. The first kappa shape index (κ1) is 21.4. The molecule has 150 valence electrons. The standard InChI is InChI=1S/C18H27BrN4O4/c1-12(10-13(24)26-5)14-15(19)20-11-21-16(14)22-6-8-23(9-7-22)17(25)27-18(2,3)4/h11-12H,6-10H2,1-5H3/t12-/m1/s1. The molecule has 8 nitrogen and oxygen atoms in total. The summed E-state index contributed by atoms with van der Waals surface area (Å²) in [6.45, 7) is 9.85. The number of nitrogens with zero attached hydrogens (tertiary/aromatic N) is 4. The van der Waals surface area contributed by atoms with Gasteiger partial charge in [-0.1, -0.05) is 6.92 Å². The Morgan fingerprint density at radius 1 is 1.22 bits per heavy atom. The number of piperazine rings is 1. The summed E-state index contributed by atoms with van der Waals surface area (Å²) in [5.41, 5.74) is 0.357. The highest BCUT2D eigenvalue weighted by atomic mass is 79.9. The second-order valence-electron chi connectivity index (χ2n) is 7.54. The topological polar surface area (TPSA) is 84.9 Å². The van der Waals surface area contributed by atoms with E-state index < -0.39 is 5.60 Å². The predicted octanol–water partition coefficient (Wildman–Crippen LogP) is 2.96. The molecule has 1 fully saturated rings. The third-order valence-corrected chi connectivity index (χ3v) is 4.87. The lowest BCUT2D eigenvalue weighted by Crippen LogP contribution is -2.50. The maximum Gasteiger partial charge on any atom is 0.410 e. The number of ether oxygens (including phenoxy) is 2. The van der Waals surface area contributed by atoms with Crippen LogP contribution in [0.2, 0.25) is 0 Å². The number of hydrogen-bond acceptors (Lipinski definition) is 7. The molecule has 1 amide bonds. The number of anilines is 1. The maximum atomic E-state index is 12.2. The SMILES string of the molecule is COC(=O)C[C@@H](C)c1c(Br)ncnc1N1CCN(C(=O)OC(C)(C)C)CC1. The fourth-order valence-corrected chi connectivity index (χ4v) is 3.56. The fraction of sp³-hybridized carbons (Fsp3) is 0.667. The van der Waals surface area contributed by atoms with Crippen LogP contribution in [0, 0.1) is 0 Å². The highest BCUT2D eigenvalue weighted by Crippen LogP contribution is 2.33. The van der Waals surface area contributed by atoms with E-state index in [1.165, 1.54) is 13.4 Å². The average Bonchev–Trinajstić information content (AvgIpc) is 2.59. The van der Waals surface area contributed by atoms with Gasteiger partial charge in [-0.2, -0.15) is 0 Å². The summed E-state index contributed by atoms with van der Waals surface area (Å²) in [5, 5.41) is 0. The largest absolute Gasteiger partial charge is 0.469 e. The van der Waals surface area contributed by atoms with E-state index in [4.69, 9.17) is 9.47 Å². The summed E-state index contributed by atoms with van der Waals surface area (Å²) in [5.74, 6) is 0.392. The van der Waals surface area contributed by atoms with Crippen LogP contribution in [0.1, 0.15) is 45.6 Å². The molecule has 0 N–H and O–H groups in total. The van der Waals surface area contributed by atoms with E-state index in [2.05, 4.69) is 30.8 Å². The van der Waals surface area contributed by atoms with Gasteiger partial charge in [0.25, 0.3) is 0 Å². The van der Waals surface area contributed by atoms with Crippen LogP contribution in [0.3, 0.4) is 0 Å². The Morgan fingerprint density at radius 2 is 1.85 bits per heavy atom. The zero-order chi connectivity index (χ0) is 20.2. The number of hydrogen-bond donors (Lipinski definition) is 0. The van der Waals surface area contributed by atoms with E-state index in [0.717, 1.165) is 11.4 Å². The number of halogens is 1. The lowest BCUT2D eigenvalue weighted by atomic mass is 9.99. The number of esters is 1. The van der Waals surface area contributed by atoms with Crippen LogP contribution in [-0.2, 0) is 14.3 Å². The Bertz CT molecular complexity index is 684. The van der Waals surface area contributed by atoms with Crippen LogP contribution >= 0.6 is 15.9 Å². The van der Waals surface area contributed by atoms with E-state index >= 15 is 0 Å². The first-order valence-electron chi connectivity index (χ1n) is 8.92. The molecule has 0 saturated carbocycles. The Hall–Kier alpha value is -1.90. The Kier molecular flexibility index (Phi) is 7.02. The molecule has 1 atom stereocenters. The van der Waals surface area contributed by atoms with Crippen molar-refractivity contribution in [3.8, 4) is 0 Å². The summed E-state index contributed by atoms with van der Waals surface area (Å²) < 4.78 is 10.9. The molecule has 9 heteroatoms. The molecule has 0 spiro atoms. The molecular formula is C18H27BrN4O4. The van der Waals surface area contributed by atoms with Gasteiger partial charge in [-0.3, -0.25) is 4.79 Å². The summed E-state index contributed by atoms with van der Waals surface area (Å²) in [6, 6.07) is 0. The second kappa shape index (κ2) is 8.86. The normalized spacial score (nSPS) is 16.1. The molecule has 1 aliphatic rings. The van der Waals surface area contributed by atoms with Crippen molar-refractivity contribution in [1.82, 2.24) is 14.9 Å². The molecule has 1 aromatic rings. The number of amides is 1. The van der Waals surface area contributed by atoms with Crippen LogP contribution in [0.5, 0.6) is 0 Å². The van der Waals surface area contributed by atoms with Gasteiger partial charge in [0.2, 0.25) is 0 Å². The third-order valence-electron chi connectivity index (χ3n) is 4.24. The molecule has 1 saturated heterocycles. The average molecular weight is 443 g/mol. The molecule has 2 heterocycles. The molecule has 1 aromatic heterocycles. The lowest BCUT2D eigenvalue weighted by molar-refractivity contribution is -0.140. The summed E-state index contributed by atoms with van der Waals surface area (Å²) >= 11 is 3.48. The Morgan fingerprint density at radius 3 is 2.41 bits per heavy atom. The molecule has 1 aliphatic heterocycles. The van der Waals surface area contributed by atoms with Gasteiger partial charge >= 0.3 is 12.1 Å². The predicted molar refractivity (Wildman–Crippen MR) is 105 cm³/mol. The highest BCUT2D eigenvalue weighted by molar-refractivity contribution is 9.10. The van der Waals surface area contributed by atoms with Crippen molar-refractivity contribution in [3.63, 3.8) is 0 Å². The minimum Gasteiger partial charge on any atom is -0.469 e. The van der Waals surface area contributed by atoms with Gasteiger partial charge in [0.15, 0.2) is 0 Å². The third kappa shape index (κ3) is 5.79. The van der Waals surface area contributed by atoms with Crippen LogP contribution in [0.25, 0.3) is 0 Å². The zero-order valence-electron chi connectivity index (χ0n) is 16.5. The summed E-state index contributed by atoms with van der Waals surface area (Å²) in [4.78, 5) is 36.4. The minimum atomic E-state index is -0.512. The van der Waals surface area contributed by atoms with Crippen molar-refractivity contribution >= 4 is 33.8 Å². The minimum absolute atomic E-state index is 0.105. The smallest absolute Gasteiger partial charge is 0.410 e. The molecule has 0 bridgehead atoms. The van der Waals surface area contributed by atoms with Crippen LogP contribution in [0.15, 0.2) is 10.9 Å². The van der Waals surface area contributed by atoms with Gasteiger partial charge in [-0.25, -0.2) is 14.8 Å². The number of methoxy groups -OCH3 is 1. The molecule has 27 heavy (non-hydrogen) atoms. The first-order valence-corrected chi connectivity index (χ1v) is 9.71. The van der Waals surface area contributed by atoms with Crippen molar-refractivity contribution in [2.24, 2.45) is 0 Å². The van der Waals surface area contributed by atoms with Crippen molar-refractivity contribution in [2.45, 2.75) is 45.6 Å². The van der Waals surface area contributed by atoms with Gasteiger partial charge in [0.1, 0.15) is 22.3 Å². The van der Waals surface area contributed by atoms with Gasteiger partial charge in [-0.05, 0) is 42.6 Å². The zero-order valence-corrected chi connectivity index (χ0v) is 18.1. The monoisotopic (exact) mass is 442 g/mol. The molecule has 2 rings (SSSR count). The van der Waals surface area contributed by atoms with Crippen LogP contribution < -0.4 is 4.90 Å². The summed E-state index contributed by atoms with van der Waals surface area (Å²) in [6.07, 6.45) is 1.44. The molecule has 0 aliphatic carbocycles. The van der Waals surface area contributed by atoms with E-state index in [1.807, 2.05) is 27.7 Å².